The number of carbonyl (C=O) groups excluding carboxylic acids is 1. The third-order valence-corrected chi connectivity index (χ3v) is 2.63. The summed E-state index contributed by atoms with van der Waals surface area (Å²) >= 11 is 0. The van der Waals surface area contributed by atoms with Crippen LogP contribution in [0.15, 0.2) is 6.07 Å². The van der Waals surface area contributed by atoms with Crippen molar-refractivity contribution in [2.24, 2.45) is 0 Å². The molecule has 0 unspecified atom stereocenters. The normalized spacial score (nSPS) is 10.6. The molecule has 1 aromatic rings. The third-order valence-electron chi connectivity index (χ3n) is 2.63. The van der Waals surface area contributed by atoms with E-state index in [4.69, 9.17) is 0 Å². The van der Waals surface area contributed by atoms with Crippen LogP contribution in [0.1, 0.15) is 43.9 Å². The maximum atomic E-state index is 12.3. The van der Waals surface area contributed by atoms with Crippen LogP contribution in [0.2, 0.25) is 0 Å². The molecule has 1 heterocycles. The Kier molecular flexibility index (Phi) is 5.07. The summed E-state index contributed by atoms with van der Waals surface area (Å²) in [7, 11) is 0. The second kappa shape index (κ2) is 6.33. The van der Waals surface area contributed by atoms with Gasteiger partial charge in [0.1, 0.15) is 5.69 Å². The van der Waals surface area contributed by atoms with Crippen LogP contribution in [0.3, 0.4) is 0 Å². The van der Waals surface area contributed by atoms with E-state index >= 15 is 0 Å². The fourth-order valence-corrected chi connectivity index (χ4v) is 1.81. The summed E-state index contributed by atoms with van der Waals surface area (Å²) in [5.41, 5.74) is 1.25. The predicted octanol–water partition coefficient (Wildman–Crippen LogP) is 2.09. The van der Waals surface area contributed by atoms with Crippen molar-refractivity contribution < 1.29 is 4.79 Å². The molecule has 0 radical (unpaired) electrons. The Hall–Kier alpha value is -1.65. The van der Waals surface area contributed by atoms with Crippen molar-refractivity contribution in [3.8, 4) is 0 Å². The van der Waals surface area contributed by atoms with Crippen LogP contribution in [0, 0.1) is 6.92 Å². The molecule has 1 amide bonds. The quantitative estimate of drug-likeness (QED) is 0.869. The standard InChI is InChI=1S/C13H22N4O/c1-6-14-13-15-10(5)8-11(16-13)12(18)17(7-2)9(3)4/h8-9H,6-7H2,1-5H3,(H,14,15,16). The molecule has 0 aliphatic heterocycles. The topological polar surface area (TPSA) is 58.1 Å². The first-order valence-electron chi connectivity index (χ1n) is 6.40. The zero-order valence-electron chi connectivity index (χ0n) is 11.8. The van der Waals surface area contributed by atoms with E-state index in [0.717, 1.165) is 12.2 Å². The van der Waals surface area contributed by atoms with E-state index in [2.05, 4.69) is 15.3 Å². The smallest absolute Gasteiger partial charge is 0.272 e. The molecule has 0 saturated carbocycles. The molecular formula is C13H22N4O. The molecule has 100 valence electrons. The van der Waals surface area contributed by atoms with Crippen LogP contribution in [-0.4, -0.2) is 39.9 Å². The van der Waals surface area contributed by atoms with E-state index in [9.17, 15) is 4.79 Å². The SMILES string of the molecule is CCNc1nc(C)cc(C(=O)N(CC)C(C)C)n1. The lowest BCUT2D eigenvalue weighted by Crippen LogP contribution is -2.37. The molecule has 18 heavy (non-hydrogen) atoms. The fourth-order valence-electron chi connectivity index (χ4n) is 1.81. The van der Waals surface area contributed by atoms with Crippen molar-refractivity contribution in [2.45, 2.75) is 40.7 Å². The highest BCUT2D eigenvalue weighted by Gasteiger charge is 2.19. The number of aryl methyl sites for hydroxylation is 1. The predicted molar refractivity (Wildman–Crippen MR) is 72.8 cm³/mol. The summed E-state index contributed by atoms with van der Waals surface area (Å²) in [5.74, 6) is 0.470. The van der Waals surface area contributed by atoms with Gasteiger partial charge in [0.25, 0.3) is 5.91 Å². The first-order valence-corrected chi connectivity index (χ1v) is 6.40. The van der Waals surface area contributed by atoms with Crippen LogP contribution < -0.4 is 5.32 Å². The molecular weight excluding hydrogens is 228 g/mol. The number of anilines is 1. The number of aromatic nitrogens is 2. The van der Waals surface area contributed by atoms with Gasteiger partial charge in [-0.1, -0.05) is 0 Å². The summed E-state index contributed by atoms with van der Waals surface area (Å²) in [6, 6.07) is 1.90. The molecule has 0 bridgehead atoms. The van der Waals surface area contributed by atoms with Gasteiger partial charge >= 0.3 is 0 Å². The first kappa shape index (κ1) is 14.4. The molecule has 1 rings (SSSR count). The molecule has 5 heteroatoms. The summed E-state index contributed by atoms with van der Waals surface area (Å²) in [6.45, 7) is 11.2. The second-order valence-corrected chi connectivity index (χ2v) is 4.43. The molecule has 0 aliphatic rings. The second-order valence-electron chi connectivity index (χ2n) is 4.43. The van der Waals surface area contributed by atoms with E-state index in [1.807, 2.05) is 34.6 Å². The van der Waals surface area contributed by atoms with E-state index in [0.29, 0.717) is 18.2 Å². The number of carbonyl (C=O) groups is 1. The molecule has 0 spiro atoms. The van der Waals surface area contributed by atoms with Gasteiger partial charge in [-0.2, -0.15) is 0 Å². The highest BCUT2D eigenvalue weighted by Crippen LogP contribution is 2.10. The highest BCUT2D eigenvalue weighted by atomic mass is 16.2. The van der Waals surface area contributed by atoms with E-state index in [1.54, 1.807) is 11.0 Å². The lowest BCUT2D eigenvalue weighted by atomic mass is 10.2. The lowest BCUT2D eigenvalue weighted by Gasteiger charge is -2.24. The molecule has 5 nitrogen and oxygen atoms in total. The van der Waals surface area contributed by atoms with Crippen molar-refractivity contribution in [1.29, 1.82) is 0 Å². The van der Waals surface area contributed by atoms with Gasteiger partial charge in [0.2, 0.25) is 5.95 Å². The fraction of sp³-hybridized carbons (Fsp3) is 0.615. The number of hydrogen-bond acceptors (Lipinski definition) is 4. The Bertz CT molecular complexity index is 417. The van der Waals surface area contributed by atoms with Gasteiger partial charge in [0.15, 0.2) is 0 Å². The van der Waals surface area contributed by atoms with E-state index in [-0.39, 0.29) is 11.9 Å². The number of nitrogens with one attached hydrogen (secondary N) is 1. The molecule has 0 aliphatic carbocycles. The summed E-state index contributed by atoms with van der Waals surface area (Å²) in [4.78, 5) is 22.6. The largest absolute Gasteiger partial charge is 0.354 e. The molecule has 1 aromatic heterocycles. The van der Waals surface area contributed by atoms with Crippen molar-refractivity contribution in [3.63, 3.8) is 0 Å². The highest BCUT2D eigenvalue weighted by molar-refractivity contribution is 5.92. The zero-order chi connectivity index (χ0) is 13.7. The number of nitrogens with zero attached hydrogens (tertiary/aromatic N) is 3. The van der Waals surface area contributed by atoms with Crippen LogP contribution in [0.4, 0.5) is 5.95 Å². The minimum absolute atomic E-state index is 0.0443. The Labute approximate surface area is 109 Å². The average Bonchev–Trinajstić information content (AvgIpc) is 2.28. The third kappa shape index (κ3) is 3.42. The Morgan fingerprint density at radius 1 is 1.39 bits per heavy atom. The van der Waals surface area contributed by atoms with Crippen molar-refractivity contribution in [1.82, 2.24) is 14.9 Å². The first-order chi connectivity index (χ1) is 8.49. The number of hydrogen-bond donors (Lipinski definition) is 1. The monoisotopic (exact) mass is 250 g/mol. The minimum atomic E-state index is -0.0443. The van der Waals surface area contributed by atoms with Crippen LogP contribution in [0.5, 0.6) is 0 Å². The van der Waals surface area contributed by atoms with Gasteiger partial charge in [0, 0.05) is 24.8 Å². The van der Waals surface area contributed by atoms with Crippen molar-refractivity contribution in [3.05, 3.63) is 17.5 Å². The van der Waals surface area contributed by atoms with Crippen molar-refractivity contribution in [2.75, 3.05) is 18.4 Å². The molecule has 0 aromatic carbocycles. The van der Waals surface area contributed by atoms with Crippen molar-refractivity contribution >= 4 is 11.9 Å². The van der Waals surface area contributed by atoms with Gasteiger partial charge in [0.05, 0.1) is 0 Å². The van der Waals surface area contributed by atoms with Gasteiger partial charge in [-0.15, -0.1) is 0 Å². The Morgan fingerprint density at radius 3 is 2.56 bits per heavy atom. The van der Waals surface area contributed by atoms with E-state index < -0.39 is 0 Å². The lowest BCUT2D eigenvalue weighted by molar-refractivity contribution is 0.0710. The van der Waals surface area contributed by atoms with Gasteiger partial charge < -0.3 is 10.2 Å². The van der Waals surface area contributed by atoms with Crippen LogP contribution >= 0.6 is 0 Å². The van der Waals surface area contributed by atoms with E-state index in [1.165, 1.54) is 0 Å². The van der Waals surface area contributed by atoms with Gasteiger partial charge in [-0.25, -0.2) is 9.97 Å². The van der Waals surface area contributed by atoms with Crippen LogP contribution in [-0.2, 0) is 0 Å². The molecule has 1 N–H and O–H groups in total. The maximum absolute atomic E-state index is 12.3. The zero-order valence-corrected chi connectivity index (χ0v) is 11.8. The maximum Gasteiger partial charge on any atom is 0.272 e. The molecule has 0 atom stereocenters. The van der Waals surface area contributed by atoms with Crippen LogP contribution in [0.25, 0.3) is 0 Å². The summed E-state index contributed by atoms with van der Waals surface area (Å²) in [6.07, 6.45) is 0. The number of rotatable bonds is 5. The Morgan fingerprint density at radius 2 is 2.06 bits per heavy atom. The summed E-state index contributed by atoms with van der Waals surface area (Å²) < 4.78 is 0. The molecule has 0 fully saturated rings. The summed E-state index contributed by atoms with van der Waals surface area (Å²) in [5, 5.41) is 3.04. The van der Waals surface area contributed by atoms with Gasteiger partial charge in [-0.3, -0.25) is 4.79 Å². The van der Waals surface area contributed by atoms with Gasteiger partial charge in [-0.05, 0) is 40.7 Å². The average molecular weight is 250 g/mol. The molecule has 0 saturated heterocycles. The minimum Gasteiger partial charge on any atom is -0.354 e. The Balaban J connectivity index is 3.04. The number of amides is 1.